The summed E-state index contributed by atoms with van der Waals surface area (Å²) in [4.78, 5) is 29.5. The van der Waals surface area contributed by atoms with Crippen LogP contribution in [0.1, 0.15) is 35.5 Å². The Morgan fingerprint density at radius 3 is 2.33 bits per heavy atom. The molecule has 6 nitrogen and oxygen atoms in total. The number of nitrogens with one attached hydrogen (secondary N) is 1. The Bertz CT molecular complexity index is 1080. The Kier molecular flexibility index (Phi) is 7.07. The zero-order valence-corrected chi connectivity index (χ0v) is 18.7. The molecule has 0 unspecified atom stereocenters. The maximum Gasteiger partial charge on any atom is 0.318 e. The fraction of sp³-hybridized carbons (Fsp3) is 0.308. The molecule has 3 aromatic rings. The maximum atomic E-state index is 13.3. The van der Waals surface area contributed by atoms with Crippen molar-refractivity contribution in [3.8, 4) is 0 Å². The standard InChI is InChI=1S/C26H28FN3O3/c1-19-7-14-24(33-19)17-29(16-21-8-10-22(27)11-9-21)25(31)18-30(23-12-13-23)26(32)28-15-20-5-3-2-4-6-20/h2-11,14,23H,12-13,15-18H2,1H3,(H,28,32). The van der Waals surface area contributed by atoms with Gasteiger partial charge in [0.15, 0.2) is 0 Å². The van der Waals surface area contributed by atoms with Crippen molar-refractivity contribution in [2.24, 2.45) is 0 Å². The summed E-state index contributed by atoms with van der Waals surface area (Å²) in [6, 6.07) is 19.3. The van der Waals surface area contributed by atoms with Crippen LogP contribution >= 0.6 is 0 Å². The molecular weight excluding hydrogens is 421 g/mol. The predicted octanol–water partition coefficient (Wildman–Crippen LogP) is 4.63. The molecule has 1 heterocycles. The molecule has 1 fully saturated rings. The molecule has 1 aliphatic carbocycles. The van der Waals surface area contributed by atoms with Crippen LogP contribution in [0.2, 0.25) is 0 Å². The number of carbonyl (C=O) groups excluding carboxylic acids is 2. The summed E-state index contributed by atoms with van der Waals surface area (Å²) in [6.07, 6.45) is 1.78. The lowest BCUT2D eigenvalue weighted by Gasteiger charge is -2.27. The molecule has 7 heteroatoms. The van der Waals surface area contributed by atoms with Gasteiger partial charge < -0.3 is 19.5 Å². The largest absolute Gasteiger partial charge is 0.464 e. The summed E-state index contributed by atoms with van der Waals surface area (Å²) in [6.45, 7) is 2.80. The molecule has 3 amide bonds. The van der Waals surface area contributed by atoms with Crippen LogP contribution in [0.3, 0.4) is 0 Å². The number of urea groups is 1. The van der Waals surface area contributed by atoms with Crippen LogP contribution in [0.4, 0.5) is 9.18 Å². The summed E-state index contributed by atoms with van der Waals surface area (Å²) in [5.74, 6) is 0.914. The normalized spacial score (nSPS) is 12.9. The van der Waals surface area contributed by atoms with Crippen LogP contribution < -0.4 is 5.32 Å². The van der Waals surface area contributed by atoms with E-state index in [1.807, 2.05) is 49.4 Å². The number of aryl methyl sites for hydroxylation is 1. The van der Waals surface area contributed by atoms with Crippen molar-refractivity contribution in [3.05, 3.63) is 95.2 Å². The third-order valence-corrected chi connectivity index (χ3v) is 5.62. The van der Waals surface area contributed by atoms with E-state index in [-0.39, 0.29) is 36.9 Å². The number of carbonyl (C=O) groups is 2. The van der Waals surface area contributed by atoms with Gasteiger partial charge in [-0.15, -0.1) is 0 Å². The van der Waals surface area contributed by atoms with E-state index in [0.29, 0.717) is 18.8 Å². The van der Waals surface area contributed by atoms with Crippen molar-refractivity contribution in [1.29, 1.82) is 0 Å². The number of hydrogen-bond donors (Lipinski definition) is 1. The average molecular weight is 450 g/mol. The Balaban J connectivity index is 1.44. The highest BCUT2D eigenvalue weighted by atomic mass is 19.1. The van der Waals surface area contributed by atoms with Crippen LogP contribution in [0.25, 0.3) is 0 Å². The summed E-state index contributed by atoms with van der Waals surface area (Å²) < 4.78 is 19.0. The van der Waals surface area contributed by atoms with Crippen molar-refractivity contribution >= 4 is 11.9 Å². The molecule has 0 bridgehead atoms. The minimum Gasteiger partial charge on any atom is -0.464 e. The first-order valence-corrected chi connectivity index (χ1v) is 11.1. The summed E-state index contributed by atoms with van der Waals surface area (Å²) in [5, 5.41) is 2.93. The molecule has 0 spiro atoms. The van der Waals surface area contributed by atoms with E-state index in [9.17, 15) is 14.0 Å². The van der Waals surface area contributed by atoms with Gasteiger partial charge in [-0.05, 0) is 55.2 Å². The Hall–Kier alpha value is -3.61. The van der Waals surface area contributed by atoms with Crippen molar-refractivity contribution in [1.82, 2.24) is 15.1 Å². The SMILES string of the molecule is Cc1ccc(CN(Cc2ccc(F)cc2)C(=O)CN(C(=O)NCc2ccccc2)C2CC2)o1. The number of nitrogens with zero attached hydrogens (tertiary/aromatic N) is 2. The quantitative estimate of drug-likeness (QED) is 0.518. The first-order chi connectivity index (χ1) is 16.0. The van der Waals surface area contributed by atoms with Crippen molar-refractivity contribution < 1.29 is 18.4 Å². The molecule has 1 saturated carbocycles. The Morgan fingerprint density at radius 1 is 0.970 bits per heavy atom. The van der Waals surface area contributed by atoms with Gasteiger partial charge in [0.2, 0.25) is 5.91 Å². The summed E-state index contributed by atoms with van der Waals surface area (Å²) in [5.41, 5.74) is 1.80. The lowest BCUT2D eigenvalue weighted by atomic mass is 10.2. The molecule has 1 aliphatic rings. The highest BCUT2D eigenvalue weighted by Crippen LogP contribution is 2.27. The molecular formula is C26H28FN3O3. The second kappa shape index (κ2) is 10.3. The highest BCUT2D eigenvalue weighted by Gasteiger charge is 2.35. The van der Waals surface area contributed by atoms with Gasteiger partial charge in [0, 0.05) is 19.1 Å². The third kappa shape index (κ3) is 6.44. The topological polar surface area (TPSA) is 65.8 Å². The van der Waals surface area contributed by atoms with Gasteiger partial charge in [0.1, 0.15) is 23.9 Å². The molecule has 1 aromatic heterocycles. The van der Waals surface area contributed by atoms with Gasteiger partial charge in [-0.1, -0.05) is 42.5 Å². The van der Waals surface area contributed by atoms with E-state index >= 15 is 0 Å². The Morgan fingerprint density at radius 2 is 1.70 bits per heavy atom. The fourth-order valence-electron chi connectivity index (χ4n) is 3.67. The van der Waals surface area contributed by atoms with E-state index in [2.05, 4.69) is 5.32 Å². The molecule has 0 atom stereocenters. The second-order valence-corrected chi connectivity index (χ2v) is 8.39. The number of benzene rings is 2. The van der Waals surface area contributed by atoms with Gasteiger partial charge in [-0.25, -0.2) is 9.18 Å². The third-order valence-electron chi connectivity index (χ3n) is 5.62. The van der Waals surface area contributed by atoms with Gasteiger partial charge >= 0.3 is 6.03 Å². The molecule has 0 saturated heterocycles. The van der Waals surface area contributed by atoms with Crippen molar-refractivity contribution in [2.45, 2.75) is 45.4 Å². The highest BCUT2D eigenvalue weighted by molar-refractivity contribution is 5.84. The van der Waals surface area contributed by atoms with Gasteiger partial charge in [-0.2, -0.15) is 0 Å². The second-order valence-electron chi connectivity index (χ2n) is 8.39. The molecule has 4 rings (SSSR count). The number of rotatable bonds is 9. The van der Waals surface area contributed by atoms with Crippen LogP contribution in [0, 0.1) is 12.7 Å². The lowest BCUT2D eigenvalue weighted by Crippen LogP contribution is -2.47. The van der Waals surface area contributed by atoms with Crippen molar-refractivity contribution in [2.75, 3.05) is 6.54 Å². The minimum absolute atomic E-state index is 0.0217. The maximum absolute atomic E-state index is 13.3. The molecule has 172 valence electrons. The van der Waals surface area contributed by atoms with E-state index in [0.717, 1.165) is 29.7 Å². The molecule has 2 aromatic carbocycles. The van der Waals surface area contributed by atoms with Crippen LogP contribution in [0.5, 0.6) is 0 Å². The average Bonchev–Trinajstić information content (AvgIpc) is 3.58. The van der Waals surface area contributed by atoms with Gasteiger partial charge in [-0.3, -0.25) is 4.79 Å². The van der Waals surface area contributed by atoms with E-state index in [1.54, 1.807) is 21.9 Å². The predicted molar refractivity (Wildman–Crippen MR) is 123 cm³/mol. The molecule has 33 heavy (non-hydrogen) atoms. The monoisotopic (exact) mass is 449 g/mol. The summed E-state index contributed by atoms with van der Waals surface area (Å²) >= 11 is 0. The Labute approximate surface area is 193 Å². The van der Waals surface area contributed by atoms with E-state index in [4.69, 9.17) is 4.42 Å². The number of furan rings is 1. The van der Waals surface area contributed by atoms with Gasteiger partial charge in [0.25, 0.3) is 0 Å². The smallest absolute Gasteiger partial charge is 0.318 e. The number of amides is 3. The molecule has 1 N–H and O–H groups in total. The fourth-order valence-corrected chi connectivity index (χ4v) is 3.67. The van der Waals surface area contributed by atoms with Crippen LogP contribution in [0.15, 0.2) is 71.1 Å². The first kappa shape index (κ1) is 22.6. The summed E-state index contributed by atoms with van der Waals surface area (Å²) in [7, 11) is 0. The van der Waals surface area contributed by atoms with Crippen LogP contribution in [-0.4, -0.2) is 34.3 Å². The zero-order valence-electron chi connectivity index (χ0n) is 18.7. The van der Waals surface area contributed by atoms with Crippen LogP contribution in [-0.2, 0) is 24.4 Å². The van der Waals surface area contributed by atoms with E-state index < -0.39 is 0 Å². The lowest BCUT2D eigenvalue weighted by molar-refractivity contribution is -0.133. The van der Waals surface area contributed by atoms with Crippen molar-refractivity contribution in [3.63, 3.8) is 0 Å². The first-order valence-electron chi connectivity index (χ1n) is 11.1. The number of halogens is 1. The zero-order chi connectivity index (χ0) is 23.2. The van der Waals surface area contributed by atoms with E-state index in [1.165, 1.54) is 12.1 Å². The molecule has 0 radical (unpaired) electrons. The molecule has 0 aliphatic heterocycles. The van der Waals surface area contributed by atoms with Gasteiger partial charge in [0.05, 0.1) is 6.54 Å². The minimum atomic E-state index is -0.326. The number of hydrogen-bond acceptors (Lipinski definition) is 3.